The molecule has 5 aliphatic rings. The van der Waals surface area contributed by atoms with Gasteiger partial charge < -0.3 is 10.6 Å². The maximum Gasteiger partial charge on any atom is 0.324 e. The topological polar surface area (TPSA) is 78.5 Å². The fourth-order valence-electron chi connectivity index (χ4n) is 5.93. The van der Waals surface area contributed by atoms with Crippen molar-refractivity contribution in [1.82, 2.24) is 15.5 Å². The molecule has 0 spiro atoms. The highest BCUT2D eigenvalue weighted by Gasteiger charge is 2.57. The SMILES string of the molecule is O=C(CC12C[C@@H]3C[C@@H](CC(Br)(C3)C1)C2)NCCN1C(=O)CNC1=O. The Morgan fingerprint density at radius 1 is 1.25 bits per heavy atom. The fourth-order valence-corrected chi connectivity index (χ4v) is 7.45. The molecule has 1 heterocycles. The second-order valence-corrected chi connectivity index (χ2v) is 10.0. The molecular formula is C17H24BrN3O3. The summed E-state index contributed by atoms with van der Waals surface area (Å²) in [6.45, 7) is 0.642. The minimum Gasteiger partial charge on any atom is -0.354 e. The predicted molar refractivity (Wildman–Crippen MR) is 91.5 cm³/mol. The Kier molecular flexibility index (Phi) is 3.90. The first-order chi connectivity index (χ1) is 11.4. The number of carbonyl (C=O) groups excluding carboxylic acids is 3. The van der Waals surface area contributed by atoms with Crippen molar-refractivity contribution in [2.45, 2.75) is 49.3 Å². The van der Waals surface area contributed by atoms with Gasteiger partial charge >= 0.3 is 6.03 Å². The Hall–Kier alpha value is -1.11. The summed E-state index contributed by atoms with van der Waals surface area (Å²) in [5.74, 6) is 1.37. The number of nitrogens with one attached hydrogen (secondary N) is 2. The number of nitrogens with zero attached hydrogens (tertiary/aromatic N) is 1. The minimum atomic E-state index is -0.364. The molecule has 0 aromatic rings. The lowest BCUT2D eigenvalue weighted by Gasteiger charge is -2.60. The van der Waals surface area contributed by atoms with Gasteiger partial charge in [-0.1, -0.05) is 15.9 Å². The highest BCUT2D eigenvalue weighted by molar-refractivity contribution is 9.10. The van der Waals surface area contributed by atoms with Crippen LogP contribution in [0.5, 0.6) is 0 Å². The van der Waals surface area contributed by atoms with Gasteiger partial charge in [0.25, 0.3) is 0 Å². The van der Waals surface area contributed by atoms with E-state index >= 15 is 0 Å². The van der Waals surface area contributed by atoms with Gasteiger partial charge in [-0.3, -0.25) is 14.5 Å². The molecule has 2 unspecified atom stereocenters. The molecule has 6 nitrogen and oxygen atoms in total. The van der Waals surface area contributed by atoms with Crippen LogP contribution in [0.1, 0.15) is 44.9 Å². The third-order valence-corrected chi connectivity index (χ3v) is 7.17. The minimum absolute atomic E-state index is 0.0557. The van der Waals surface area contributed by atoms with Gasteiger partial charge in [0.1, 0.15) is 0 Å². The molecular weight excluding hydrogens is 374 g/mol. The Balaban J connectivity index is 1.30. The van der Waals surface area contributed by atoms with Gasteiger partial charge in [-0.15, -0.1) is 0 Å². The Morgan fingerprint density at radius 3 is 2.54 bits per heavy atom. The average molecular weight is 398 g/mol. The third kappa shape index (κ3) is 2.95. The number of alkyl halides is 1. The predicted octanol–water partition coefficient (Wildman–Crippen LogP) is 1.78. The molecule has 7 heteroatoms. The first-order valence-corrected chi connectivity index (χ1v) is 9.70. The zero-order chi connectivity index (χ0) is 16.9. The van der Waals surface area contributed by atoms with E-state index < -0.39 is 0 Å². The van der Waals surface area contributed by atoms with Crippen LogP contribution in [-0.2, 0) is 9.59 Å². The van der Waals surface area contributed by atoms with Crippen LogP contribution in [0.4, 0.5) is 4.79 Å². The standard InChI is InChI=1S/C17H24BrN3O3/c18-17-6-11-3-12(7-17)5-16(4-11,10-17)8-13(22)19-1-2-21-14(23)9-20-15(21)24/h11-12H,1-10H2,(H,19,22)(H,20,24)/t11-,12+,16?,17?. The second kappa shape index (κ2) is 5.71. The zero-order valence-electron chi connectivity index (χ0n) is 13.8. The van der Waals surface area contributed by atoms with E-state index in [4.69, 9.17) is 0 Å². The molecule has 1 saturated heterocycles. The van der Waals surface area contributed by atoms with Crippen LogP contribution < -0.4 is 10.6 Å². The van der Waals surface area contributed by atoms with Crippen molar-refractivity contribution >= 4 is 33.8 Å². The van der Waals surface area contributed by atoms with E-state index in [-0.39, 0.29) is 40.7 Å². The van der Waals surface area contributed by atoms with E-state index in [1.54, 1.807) is 0 Å². The summed E-state index contributed by atoms with van der Waals surface area (Å²) >= 11 is 3.97. The van der Waals surface area contributed by atoms with Gasteiger partial charge in [-0.05, 0) is 55.8 Å². The summed E-state index contributed by atoms with van der Waals surface area (Å²) in [4.78, 5) is 36.6. The number of rotatable bonds is 5. The van der Waals surface area contributed by atoms with Crippen molar-refractivity contribution in [1.29, 1.82) is 0 Å². The lowest BCUT2D eigenvalue weighted by atomic mass is 9.48. The number of imide groups is 1. The van der Waals surface area contributed by atoms with E-state index in [2.05, 4.69) is 26.6 Å². The van der Waals surface area contributed by atoms with Crippen molar-refractivity contribution in [3.63, 3.8) is 0 Å². The summed E-state index contributed by atoms with van der Waals surface area (Å²) in [5.41, 5.74) is 0.151. The lowest BCUT2D eigenvalue weighted by molar-refractivity contribution is -0.129. The third-order valence-electron chi connectivity index (χ3n) is 6.24. The monoisotopic (exact) mass is 397 g/mol. The molecule has 0 radical (unpaired) electrons. The van der Waals surface area contributed by atoms with Gasteiger partial charge in [-0.2, -0.15) is 0 Å². The zero-order valence-corrected chi connectivity index (χ0v) is 15.4. The molecule has 4 aliphatic carbocycles. The maximum atomic E-state index is 12.4. The van der Waals surface area contributed by atoms with Crippen molar-refractivity contribution in [2.24, 2.45) is 17.3 Å². The Bertz CT molecular complexity index is 564. The van der Waals surface area contributed by atoms with Crippen LogP contribution in [0.2, 0.25) is 0 Å². The van der Waals surface area contributed by atoms with Crippen LogP contribution >= 0.6 is 15.9 Å². The van der Waals surface area contributed by atoms with E-state index in [1.807, 2.05) is 0 Å². The molecule has 5 rings (SSSR count). The van der Waals surface area contributed by atoms with Gasteiger partial charge in [0.15, 0.2) is 0 Å². The van der Waals surface area contributed by atoms with Crippen molar-refractivity contribution in [3.8, 4) is 0 Å². The van der Waals surface area contributed by atoms with Crippen LogP contribution in [-0.4, -0.2) is 46.7 Å². The summed E-state index contributed by atoms with van der Waals surface area (Å²) in [6.07, 6.45) is 7.90. The molecule has 24 heavy (non-hydrogen) atoms. The number of halogens is 1. The molecule has 4 amide bonds. The van der Waals surface area contributed by atoms with E-state index in [0.717, 1.165) is 18.3 Å². The largest absolute Gasteiger partial charge is 0.354 e. The molecule has 132 valence electrons. The summed E-state index contributed by atoms with van der Waals surface area (Å²) in [6, 6.07) is -0.364. The summed E-state index contributed by atoms with van der Waals surface area (Å²) in [5, 5.41) is 5.39. The first kappa shape index (κ1) is 16.4. The Morgan fingerprint density at radius 2 is 1.96 bits per heavy atom. The quantitative estimate of drug-likeness (QED) is 0.548. The van der Waals surface area contributed by atoms with Gasteiger partial charge in [0.05, 0.1) is 6.54 Å². The molecule has 5 fully saturated rings. The molecule has 0 aromatic carbocycles. The smallest absolute Gasteiger partial charge is 0.324 e. The average Bonchev–Trinajstić information content (AvgIpc) is 2.75. The number of urea groups is 1. The number of hydrogen-bond acceptors (Lipinski definition) is 3. The second-order valence-electron chi connectivity index (χ2n) is 8.34. The van der Waals surface area contributed by atoms with Crippen LogP contribution in [0, 0.1) is 17.3 Å². The highest BCUT2D eigenvalue weighted by Crippen LogP contribution is 2.65. The molecule has 2 N–H and O–H groups in total. The first-order valence-electron chi connectivity index (χ1n) is 8.90. The summed E-state index contributed by atoms with van der Waals surface area (Å²) < 4.78 is 0.261. The van der Waals surface area contributed by atoms with Gasteiger partial charge in [0, 0.05) is 23.8 Å². The van der Waals surface area contributed by atoms with Gasteiger partial charge in [0.2, 0.25) is 11.8 Å². The molecule has 4 atom stereocenters. The molecule has 0 aromatic heterocycles. The lowest BCUT2D eigenvalue weighted by Crippen LogP contribution is -2.54. The maximum absolute atomic E-state index is 12.4. The van der Waals surface area contributed by atoms with Crippen molar-refractivity contribution < 1.29 is 14.4 Å². The van der Waals surface area contributed by atoms with Crippen LogP contribution in [0.25, 0.3) is 0 Å². The highest BCUT2D eigenvalue weighted by atomic mass is 79.9. The number of amides is 4. The van der Waals surface area contributed by atoms with Crippen LogP contribution in [0.3, 0.4) is 0 Å². The molecule has 4 saturated carbocycles. The van der Waals surface area contributed by atoms with Crippen molar-refractivity contribution in [3.05, 3.63) is 0 Å². The number of hydrogen-bond donors (Lipinski definition) is 2. The molecule has 4 bridgehead atoms. The summed E-state index contributed by atoms with van der Waals surface area (Å²) in [7, 11) is 0. The van der Waals surface area contributed by atoms with E-state index in [9.17, 15) is 14.4 Å². The normalized spacial score (nSPS) is 40.1. The van der Waals surface area contributed by atoms with Crippen molar-refractivity contribution in [2.75, 3.05) is 19.6 Å². The van der Waals surface area contributed by atoms with E-state index in [0.29, 0.717) is 13.0 Å². The van der Waals surface area contributed by atoms with E-state index in [1.165, 1.54) is 37.0 Å². The van der Waals surface area contributed by atoms with Gasteiger partial charge in [-0.25, -0.2) is 4.79 Å². The molecule has 1 aliphatic heterocycles. The van der Waals surface area contributed by atoms with Crippen LogP contribution in [0.15, 0.2) is 0 Å². The fraction of sp³-hybridized carbons (Fsp3) is 0.824. The number of carbonyl (C=O) groups is 3. The Labute approximate surface area is 150 Å².